The molecule has 1 rings (SSSR count). The van der Waals surface area contributed by atoms with Gasteiger partial charge < -0.3 is 19.8 Å². The maximum atomic E-state index is 10.4. The molecule has 0 aliphatic heterocycles. The van der Waals surface area contributed by atoms with Crippen LogP contribution in [0.25, 0.3) is 0 Å². The van der Waals surface area contributed by atoms with E-state index in [1.807, 2.05) is 0 Å². The predicted octanol–water partition coefficient (Wildman–Crippen LogP) is -2.26. The summed E-state index contributed by atoms with van der Waals surface area (Å²) in [5, 5.41) is 20.8. The van der Waals surface area contributed by atoms with Crippen molar-refractivity contribution in [2.45, 2.75) is 6.42 Å². The van der Waals surface area contributed by atoms with Gasteiger partial charge >= 0.3 is 0 Å². The molecule has 0 bridgehead atoms. The summed E-state index contributed by atoms with van der Waals surface area (Å²) in [5.74, 6) is -4.91. The zero-order valence-electron chi connectivity index (χ0n) is 7.17. The molecule has 1 aromatic heterocycles. The number of carbonyl (C=O) groups is 2. The van der Waals surface area contributed by atoms with E-state index >= 15 is 0 Å². The Kier molecular flexibility index (Phi) is 3.17. The molecule has 0 amide bonds. The molecule has 0 saturated heterocycles. The van der Waals surface area contributed by atoms with Gasteiger partial charge in [-0.3, -0.25) is 4.98 Å². The second kappa shape index (κ2) is 4.36. The van der Waals surface area contributed by atoms with E-state index < -0.39 is 17.9 Å². The van der Waals surface area contributed by atoms with Crippen molar-refractivity contribution in [1.82, 2.24) is 4.98 Å². The van der Waals surface area contributed by atoms with Gasteiger partial charge in [0.1, 0.15) is 0 Å². The number of pyridine rings is 1. The molecule has 1 aromatic rings. The Hall–Kier alpha value is -1.91. The van der Waals surface area contributed by atoms with Crippen LogP contribution in [0.1, 0.15) is 5.56 Å². The number of aromatic nitrogens is 1. The van der Waals surface area contributed by atoms with Crippen molar-refractivity contribution in [3.05, 3.63) is 30.1 Å². The molecule has 5 nitrogen and oxygen atoms in total. The molecule has 0 N–H and O–H groups in total. The van der Waals surface area contributed by atoms with Crippen molar-refractivity contribution < 1.29 is 19.8 Å². The highest BCUT2D eigenvalue weighted by molar-refractivity contribution is 5.90. The van der Waals surface area contributed by atoms with Crippen LogP contribution in [0.15, 0.2) is 24.5 Å². The minimum atomic E-state index is -1.64. The van der Waals surface area contributed by atoms with E-state index in [1.54, 1.807) is 12.1 Å². The average Bonchev–Trinajstić information content (AvgIpc) is 2.15. The fourth-order valence-corrected chi connectivity index (χ4v) is 1.02. The van der Waals surface area contributed by atoms with Crippen molar-refractivity contribution in [3.63, 3.8) is 0 Å². The first-order valence-electron chi connectivity index (χ1n) is 3.92. The molecule has 0 aromatic carbocycles. The van der Waals surface area contributed by atoms with E-state index in [0.29, 0.717) is 5.56 Å². The number of hydrogen-bond donors (Lipinski definition) is 0. The van der Waals surface area contributed by atoms with Crippen LogP contribution in [-0.4, -0.2) is 16.9 Å². The van der Waals surface area contributed by atoms with Crippen molar-refractivity contribution in [1.29, 1.82) is 0 Å². The van der Waals surface area contributed by atoms with Crippen LogP contribution in [0.4, 0.5) is 0 Å². The van der Waals surface area contributed by atoms with Crippen molar-refractivity contribution >= 4 is 11.9 Å². The van der Waals surface area contributed by atoms with Crippen molar-refractivity contribution in [2.24, 2.45) is 5.92 Å². The fourth-order valence-electron chi connectivity index (χ4n) is 1.02. The normalized spacial score (nSPS) is 10.1. The van der Waals surface area contributed by atoms with Crippen molar-refractivity contribution in [3.8, 4) is 0 Å². The first-order valence-corrected chi connectivity index (χ1v) is 3.92. The van der Waals surface area contributed by atoms with Gasteiger partial charge in [-0.2, -0.15) is 0 Å². The molecule has 14 heavy (non-hydrogen) atoms. The number of hydrogen-bond acceptors (Lipinski definition) is 5. The number of carboxylic acids is 2. The van der Waals surface area contributed by atoms with Crippen LogP contribution in [0.3, 0.4) is 0 Å². The molecule has 1 heterocycles. The monoisotopic (exact) mass is 193 g/mol. The summed E-state index contributed by atoms with van der Waals surface area (Å²) < 4.78 is 0. The van der Waals surface area contributed by atoms with Crippen LogP contribution < -0.4 is 10.2 Å². The summed E-state index contributed by atoms with van der Waals surface area (Å²) in [5.41, 5.74) is 0.519. The highest BCUT2D eigenvalue weighted by Gasteiger charge is 2.11. The standard InChI is InChI=1S/C9H9NO4/c11-8(12)7(9(13)14)4-6-2-1-3-10-5-6/h1-3,5,7H,4H2,(H,11,12)(H,13,14)/p-2. The Balaban J connectivity index is 2.75. The van der Waals surface area contributed by atoms with Crippen LogP contribution in [0.2, 0.25) is 0 Å². The fraction of sp³-hybridized carbons (Fsp3) is 0.222. The third-order valence-corrected chi connectivity index (χ3v) is 1.73. The number of carboxylic acid groups (broad SMARTS) is 2. The highest BCUT2D eigenvalue weighted by atomic mass is 16.4. The Morgan fingerprint density at radius 2 is 2.00 bits per heavy atom. The SMILES string of the molecule is O=C([O-])C(Cc1cccnc1)C(=O)[O-]. The lowest BCUT2D eigenvalue weighted by Crippen LogP contribution is -2.44. The van der Waals surface area contributed by atoms with Gasteiger partial charge in [-0.25, -0.2) is 0 Å². The Bertz CT molecular complexity index is 322. The lowest BCUT2D eigenvalue weighted by Gasteiger charge is -2.18. The molecule has 5 heteroatoms. The second-order valence-electron chi connectivity index (χ2n) is 2.76. The van der Waals surface area contributed by atoms with Gasteiger partial charge in [0.2, 0.25) is 0 Å². The van der Waals surface area contributed by atoms with Gasteiger partial charge in [0, 0.05) is 18.3 Å². The first-order chi connectivity index (χ1) is 6.61. The van der Waals surface area contributed by atoms with Gasteiger partial charge in [0.15, 0.2) is 0 Å². The molecule has 0 saturated carbocycles. The maximum Gasteiger partial charge on any atom is 0.0504 e. The lowest BCUT2D eigenvalue weighted by atomic mass is 10.0. The maximum absolute atomic E-state index is 10.4. The van der Waals surface area contributed by atoms with E-state index in [1.165, 1.54) is 12.4 Å². The molecule has 0 spiro atoms. The molecule has 0 aliphatic rings. The summed E-state index contributed by atoms with van der Waals surface area (Å²) in [6, 6.07) is 3.18. The van der Waals surface area contributed by atoms with Gasteiger partial charge in [0.05, 0.1) is 11.9 Å². The zero-order chi connectivity index (χ0) is 10.6. The molecule has 0 fully saturated rings. The molecule has 0 aliphatic carbocycles. The smallest absolute Gasteiger partial charge is 0.0504 e. The average molecular weight is 193 g/mol. The molecular weight excluding hydrogens is 186 g/mol. The topological polar surface area (TPSA) is 93.2 Å². The summed E-state index contributed by atoms with van der Waals surface area (Å²) in [6.07, 6.45) is 2.74. The molecular formula is C9H7NO4-2. The summed E-state index contributed by atoms with van der Waals surface area (Å²) in [6.45, 7) is 0. The molecule has 0 unspecified atom stereocenters. The van der Waals surface area contributed by atoms with Gasteiger partial charge in [-0.1, -0.05) is 6.07 Å². The van der Waals surface area contributed by atoms with E-state index in [2.05, 4.69) is 4.98 Å². The molecule has 0 radical (unpaired) electrons. The zero-order valence-corrected chi connectivity index (χ0v) is 7.17. The summed E-state index contributed by atoms with van der Waals surface area (Å²) >= 11 is 0. The van der Waals surface area contributed by atoms with Crippen LogP contribution in [-0.2, 0) is 16.0 Å². The molecule has 0 atom stereocenters. The number of nitrogens with zero attached hydrogens (tertiary/aromatic N) is 1. The van der Waals surface area contributed by atoms with Gasteiger partial charge in [-0.15, -0.1) is 0 Å². The third-order valence-electron chi connectivity index (χ3n) is 1.73. The summed E-state index contributed by atoms with van der Waals surface area (Å²) in [7, 11) is 0. The van der Waals surface area contributed by atoms with Crippen LogP contribution in [0, 0.1) is 5.92 Å². The molecule has 74 valence electrons. The van der Waals surface area contributed by atoms with E-state index in [4.69, 9.17) is 0 Å². The van der Waals surface area contributed by atoms with E-state index in [0.717, 1.165) is 0 Å². The van der Waals surface area contributed by atoms with Crippen LogP contribution in [0.5, 0.6) is 0 Å². The van der Waals surface area contributed by atoms with Crippen molar-refractivity contribution in [2.75, 3.05) is 0 Å². The number of aliphatic carboxylic acids is 2. The van der Waals surface area contributed by atoms with E-state index in [9.17, 15) is 19.8 Å². The minimum absolute atomic E-state index is 0.168. The number of rotatable bonds is 4. The van der Waals surface area contributed by atoms with Gasteiger partial charge in [0.25, 0.3) is 0 Å². The lowest BCUT2D eigenvalue weighted by molar-refractivity contribution is -0.331. The van der Waals surface area contributed by atoms with Crippen LogP contribution >= 0.6 is 0 Å². The predicted molar refractivity (Wildman–Crippen MR) is 41.4 cm³/mol. The largest absolute Gasteiger partial charge is 0.549 e. The minimum Gasteiger partial charge on any atom is -0.549 e. The Labute approximate surface area is 80.0 Å². The Morgan fingerprint density at radius 1 is 1.36 bits per heavy atom. The second-order valence-corrected chi connectivity index (χ2v) is 2.76. The first kappa shape index (κ1) is 10.2. The van der Waals surface area contributed by atoms with E-state index in [-0.39, 0.29) is 6.42 Å². The quantitative estimate of drug-likeness (QED) is 0.503. The third kappa shape index (κ3) is 2.55. The highest BCUT2D eigenvalue weighted by Crippen LogP contribution is 2.05. The summed E-state index contributed by atoms with van der Waals surface area (Å²) in [4.78, 5) is 24.5. The van der Waals surface area contributed by atoms with Gasteiger partial charge in [-0.05, 0) is 18.1 Å². The Morgan fingerprint density at radius 3 is 2.43 bits per heavy atom. The number of carbonyl (C=O) groups excluding carboxylic acids is 2.